The Labute approximate surface area is 294 Å². The van der Waals surface area contributed by atoms with Gasteiger partial charge in [-0.05, 0) is 68.4 Å². The third-order valence-corrected chi connectivity index (χ3v) is 9.45. The van der Waals surface area contributed by atoms with Gasteiger partial charge in [-0.3, -0.25) is 19.1 Å². The molecule has 1 aliphatic rings. The highest BCUT2D eigenvalue weighted by Gasteiger charge is 2.29. The summed E-state index contributed by atoms with van der Waals surface area (Å²) in [6.45, 7) is 9.05. The van der Waals surface area contributed by atoms with Crippen LogP contribution < -0.4 is 15.2 Å². The van der Waals surface area contributed by atoms with Crippen molar-refractivity contribution in [2.45, 2.75) is 84.3 Å². The monoisotopic (exact) mass is 701 g/mol. The molecule has 2 aromatic carbocycles. The van der Waals surface area contributed by atoms with E-state index in [4.69, 9.17) is 37.4 Å². The van der Waals surface area contributed by atoms with E-state index in [1.807, 2.05) is 24.3 Å². The highest BCUT2D eigenvalue weighted by atomic mass is 35.5. The largest absolute Gasteiger partial charge is 0.494 e. The van der Waals surface area contributed by atoms with Crippen LogP contribution in [-0.4, -0.2) is 67.3 Å². The molecule has 0 bridgehead atoms. The van der Waals surface area contributed by atoms with Crippen LogP contribution >= 0.6 is 23.2 Å². The second kappa shape index (κ2) is 19.7. The van der Waals surface area contributed by atoms with E-state index in [-0.39, 0.29) is 13.0 Å². The van der Waals surface area contributed by atoms with E-state index < -0.39 is 23.7 Å². The first kappa shape index (κ1) is 37.5. The summed E-state index contributed by atoms with van der Waals surface area (Å²) < 4.78 is 18.1. The Kier molecular flexibility index (Phi) is 15.4. The van der Waals surface area contributed by atoms with Gasteiger partial charge in [0.1, 0.15) is 5.75 Å². The molecule has 0 saturated carbocycles. The van der Waals surface area contributed by atoms with Gasteiger partial charge in [0.2, 0.25) is 0 Å². The second-order valence-corrected chi connectivity index (χ2v) is 13.0. The van der Waals surface area contributed by atoms with Gasteiger partial charge in [0.05, 0.1) is 34.5 Å². The molecular weight excluding hydrogens is 653 g/mol. The summed E-state index contributed by atoms with van der Waals surface area (Å²) in [6, 6.07) is 14.2. The molecule has 2 heterocycles. The number of unbranched alkanes of at least 4 members (excludes halogenated alkanes) is 7. The fourth-order valence-corrected chi connectivity index (χ4v) is 6.39. The minimum absolute atomic E-state index is 0.0878. The van der Waals surface area contributed by atoms with Crippen LogP contribution in [0.5, 0.6) is 5.75 Å². The zero-order valence-corrected chi connectivity index (χ0v) is 29.8. The first-order valence-electron chi connectivity index (χ1n) is 17.4. The van der Waals surface area contributed by atoms with Crippen LogP contribution in [0.4, 0.5) is 5.69 Å². The predicted octanol–water partition coefficient (Wildman–Crippen LogP) is 8.04. The fraction of sp³-hybridized carbons (Fsp3) is 0.541. The summed E-state index contributed by atoms with van der Waals surface area (Å²) in [5, 5.41) is 1.88. The third-order valence-electron chi connectivity index (χ3n) is 8.64. The lowest BCUT2D eigenvalue weighted by Crippen LogP contribution is -2.46. The molecule has 48 heavy (non-hydrogen) atoms. The van der Waals surface area contributed by atoms with E-state index in [9.17, 15) is 14.4 Å². The minimum atomic E-state index is -1.52. The van der Waals surface area contributed by atoms with E-state index in [2.05, 4.69) is 16.7 Å². The van der Waals surface area contributed by atoms with Crippen LogP contribution in [-0.2, 0) is 19.1 Å². The van der Waals surface area contributed by atoms with E-state index in [0.717, 1.165) is 70.5 Å². The van der Waals surface area contributed by atoms with E-state index in [1.54, 1.807) is 25.1 Å². The molecular formula is C37H49Cl2N3O6. The zero-order chi connectivity index (χ0) is 34.3. The van der Waals surface area contributed by atoms with Crippen LogP contribution in [0.2, 0.25) is 10.0 Å². The summed E-state index contributed by atoms with van der Waals surface area (Å²) >= 11 is 12.6. The van der Waals surface area contributed by atoms with Gasteiger partial charge in [-0.1, -0.05) is 74.7 Å². The van der Waals surface area contributed by atoms with Gasteiger partial charge in [0, 0.05) is 44.7 Å². The molecule has 1 atom stereocenters. The lowest BCUT2D eigenvalue weighted by molar-refractivity contribution is -0.174. The van der Waals surface area contributed by atoms with Crippen molar-refractivity contribution in [3.05, 3.63) is 68.9 Å². The normalized spacial score (nSPS) is 14.2. The van der Waals surface area contributed by atoms with Crippen molar-refractivity contribution in [3.63, 3.8) is 0 Å². The molecule has 1 fully saturated rings. The number of carbonyl (C=O) groups is 2. The van der Waals surface area contributed by atoms with E-state index in [0.29, 0.717) is 39.7 Å². The van der Waals surface area contributed by atoms with Gasteiger partial charge in [-0.2, -0.15) is 0 Å². The molecule has 1 unspecified atom stereocenters. The van der Waals surface area contributed by atoms with Gasteiger partial charge in [-0.15, -0.1) is 0 Å². The van der Waals surface area contributed by atoms with Gasteiger partial charge in [0.15, 0.2) is 0 Å². The maximum Gasteiger partial charge on any atom is 0.369 e. The topological polar surface area (TPSA) is 90.3 Å². The van der Waals surface area contributed by atoms with Gasteiger partial charge < -0.3 is 19.1 Å². The van der Waals surface area contributed by atoms with Crippen LogP contribution in [0.15, 0.2) is 53.3 Å². The maximum absolute atomic E-state index is 13.1. The fourth-order valence-electron chi connectivity index (χ4n) is 5.97. The Morgan fingerprint density at radius 1 is 0.854 bits per heavy atom. The van der Waals surface area contributed by atoms with Crippen molar-refractivity contribution < 1.29 is 23.8 Å². The number of benzene rings is 2. The van der Waals surface area contributed by atoms with Gasteiger partial charge in [0.25, 0.3) is 11.8 Å². The standard InChI is InChI=1S/C37H49Cl2N3O6/c1-3-5-6-7-8-9-10-16-34(44)48-36(37(45)46-4-2)42-32-27-29(19-17-28(32)18-20-33(42)43)47-26-12-11-21-40-22-24-41(25-23-40)31-15-13-14-30(38)35(31)39/h13-15,17-20,27,36H,3-12,16,21-26H2,1-2H3. The molecule has 4 rings (SSSR count). The predicted molar refractivity (Wildman–Crippen MR) is 192 cm³/mol. The number of hydrogen-bond acceptors (Lipinski definition) is 8. The minimum Gasteiger partial charge on any atom is -0.494 e. The first-order chi connectivity index (χ1) is 23.3. The highest BCUT2D eigenvalue weighted by molar-refractivity contribution is 6.43. The Morgan fingerprint density at radius 3 is 2.33 bits per heavy atom. The SMILES string of the molecule is CCCCCCCCCC(=O)OC(C(=O)OCC)n1c(=O)ccc2ccc(OCCCCN3CCN(c4cccc(Cl)c4Cl)CC3)cc21. The van der Waals surface area contributed by atoms with Crippen molar-refractivity contribution in [2.24, 2.45) is 0 Å². The zero-order valence-electron chi connectivity index (χ0n) is 28.3. The Bertz CT molecular complexity index is 1540. The number of pyridine rings is 1. The molecule has 11 heteroatoms. The number of rotatable bonds is 19. The van der Waals surface area contributed by atoms with Crippen LogP contribution in [0.3, 0.4) is 0 Å². The van der Waals surface area contributed by atoms with Crippen LogP contribution in [0.1, 0.15) is 84.3 Å². The number of fused-ring (bicyclic) bond motifs is 1. The number of ether oxygens (including phenoxy) is 3. The van der Waals surface area contributed by atoms with Crippen molar-refractivity contribution in [3.8, 4) is 5.75 Å². The molecule has 1 aromatic heterocycles. The highest BCUT2D eigenvalue weighted by Crippen LogP contribution is 2.33. The number of aromatic nitrogens is 1. The van der Waals surface area contributed by atoms with Crippen molar-refractivity contribution >= 4 is 51.7 Å². The molecule has 0 spiro atoms. The smallest absolute Gasteiger partial charge is 0.369 e. The molecule has 0 N–H and O–H groups in total. The lowest BCUT2D eigenvalue weighted by atomic mass is 10.1. The average molecular weight is 703 g/mol. The van der Waals surface area contributed by atoms with Gasteiger partial charge >= 0.3 is 11.9 Å². The number of halogens is 2. The molecule has 262 valence electrons. The number of piperazine rings is 1. The Morgan fingerprint density at radius 2 is 1.58 bits per heavy atom. The number of nitrogens with zero attached hydrogens (tertiary/aromatic N) is 3. The number of hydrogen-bond donors (Lipinski definition) is 0. The number of esters is 2. The summed E-state index contributed by atoms with van der Waals surface area (Å²) in [5.41, 5.74) is 0.937. The Balaban J connectivity index is 1.31. The van der Waals surface area contributed by atoms with E-state index >= 15 is 0 Å². The molecule has 0 radical (unpaired) electrons. The molecule has 0 aliphatic carbocycles. The second-order valence-electron chi connectivity index (χ2n) is 12.2. The third kappa shape index (κ3) is 10.9. The molecule has 0 amide bonds. The molecule has 3 aromatic rings. The average Bonchev–Trinajstić information content (AvgIpc) is 3.08. The van der Waals surface area contributed by atoms with Crippen LogP contribution in [0.25, 0.3) is 10.9 Å². The van der Waals surface area contributed by atoms with Gasteiger partial charge in [-0.25, -0.2) is 4.79 Å². The molecule has 9 nitrogen and oxygen atoms in total. The maximum atomic E-state index is 13.1. The summed E-state index contributed by atoms with van der Waals surface area (Å²) in [4.78, 5) is 43.7. The summed E-state index contributed by atoms with van der Waals surface area (Å²) in [7, 11) is 0. The summed E-state index contributed by atoms with van der Waals surface area (Å²) in [5.74, 6) is -0.763. The Hall–Kier alpha value is -3.27. The van der Waals surface area contributed by atoms with E-state index in [1.165, 1.54) is 29.9 Å². The van der Waals surface area contributed by atoms with Crippen LogP contribution in [0, 0.1) is 0 Å². The molecule has 1 aliphatic heterocycles. The summed E-state index contributed by atoms with van der Waals surface area (Å²) in [6.07, 6.45) is 7.83. The molecule has 1 saturated heterocycles. The quantitative estimate of drug-likeness (QED) is 0.0917. The van der Waals surface area contributed by atoms with Crippen molar-refractivity contribution in [1.82, 2.24) is 9.47 Å². The van der Waals surface area contributed by atoms with Crippen molar-refractivity contribution in [2.75, 3.05) is 50.8 Å². The first-order valence-corrected chi connectivity index (χ1v) is 18.1. The lowest BCUT2D eigenvalue weighted by Gasteiger charge is -2.36. The number of anilines is 1. The number of carbonyl (C=O) groups excluding carboxylic acids is 2. The van der Waals surface area contributed by atoms with Crippen molar-refractivity contribution in [1.29, 1.82) is 0 Å².